The molecule has 2 rings (SSSR count). The van der Waals surface area contributed by atoms with Crippen LogP contribution in [0, 0.1) is 0 Å². The average molecular weight is 535 g/mol. The highest BCUT2D eigenvalue weighted by Gasteiger charge is 2.60. The van der Waals surface area contributed by atoms with E-state index in [1.807, 2.05) is 0 Å². The molecule has 0 saturated carbocycles. The second kappa shape index (κ2) is 9.95. The first-order chi connectivity index (χ1) is 15.3. The molecule has 0 bridgehead atoms. The van der Waals surface area contributed by atoms with Gasteiger partial charge in [0.2, 0.25) is 0 Å². The normalized spacial score (nSPS) is 26.8. The number of methoxy groups -OCH3 is 1. The van der Waals surface area contributed by atoms with E-state index >= 15 is 0 Å². The molecule has 1 N–H and O–H groups in total. The lowest BCUT2D eigenvalue weighted by atomic mass is 9.98. The Balaban J connectivity index is 2.60. The topological polar surface area (TPSA) is 91.8 Å². The van der Waals surface area contributed by atoms with Gasteiger partial charge in [0.1, 0.15) is 17.8 Å². The molecule has 196 valence electrons. The van der Waals surface area contributed by atoms with E-state index in [0.717, 1.165) is 0 Å². The van der Waals surface area contributed by atoms with Gasteiger partial charge in [0.15, 0.2) is 22.9 Å². The molecule has 1 aliphatic heterocycles. The van der Waals surface area contributed by atoms with Gasteiger partial charge in [-0.3, -0.25) is 14.3 Å². The Hall–Kier alpha value is -0.756. The minimum absolute atomic E-state index is 0.00912. The molecule has 0 radical (unpaired) electrons. The number of nitrogens with one attached hydrogen (secondary N) is 1. The van der Waals surface area contributed by atoms with Gasteiger partial charge in [0.25, 0.3) is 5.56 Å². The van der Waals surface area contributed by atoms with Crippen molar-refractivity contribution in [3.63, 3.8) is 0 Å². The van der Waals surface area contributed by atoms with Gasteiger partial charge in [-0.1, -0.05) is 41.5 Å². The molecule has 1 saturated heterocycles. The van der Waals surface area contributed by atoms with Crippen LogP contribution in [0.4, 0.5) is 0 Å². The van der Waals surface area contributed by atoms with Crippen LogP contribution in [0.1, 0.15) is 47.8 Å². The van der Waals surface area contributed by atoms with Crippen LogP contribution in [0.25, 0.3) is 0 Å². The first-order valence-electron chi connectivity index (χ1n) is 11.7. The van der Waals surface area contributed by atoms with Crippen LogP contribution in [0.15, 0.2) is 21.9 Å². The molecule has 34 heavy (non-hydrogen) atoms. The number of aromatic amines is 1. The van der Waals surface area contributed by atoms with Crippen LogP contribution in [0.5, 0.6) is 0 Å². The molecule has 0 aromatic carbocycles. The summed E-state index contributed by atoms with van der Waals surface area (Å²) in [4.78, 5) is 26.6. The van der Waals surface area contributed by atoms with E-state index in [0.29, 0.717) is 0 Å². The number of alkyl halides is 1. The number of ether oxygens (including phenoxy) is 2. The fourth-order valence-electron chi connectivity index (χ4n) is 3.36. The Morgan fingerprint density at radius 3 is 2.09 bits per heavy atom. The zero-order valence-electron chi connectivity index (χ0n) is 22.6. The number of hydrogen-bond donors (Lipinski definition) is 1. The van der Waals surface area contributed by atoms with Crippen molar-refractivity contribution in [2.24, 2.45) is 0 Å². The van der Waals surface area contributed by atoms with Crippen molar-refractivity contribution in [1.29, 1.82) is 0 Å². The average Bonchev–Trinajstić information content (AvgIpc) is 2.97. The highest BCUT2D eigenvalue weighted by molar-refractivity contribution is 6.74. The van der Waals surface area contributed by atoms with Crippen molar-refractivity contribution in [3.8, 4) is 0 Å². The van der Waals surface area contributed by atoms with Gasteiger partial charge in [-0.25, -0.2) is 4.79 Å². The van der Waals surface area contributed by atoms with E-state index in [1.165, 1.54) is 16.8 Å². The molecule has 0 amide bonds. The maximum absolute atomic E-state index is 12.7. The standard InChI is InChI=1S/C23H43ClN2O6Si2/c1-21(2,3)33(8,9)30-15-23(14-24)18(32-34(10,11)22(4,5)6)17(29-7)19(31-23)26-13-12-16(27)25-20(26)28/h12-13,17-19H,14-15H2,1-11H3,(H,25,27,28)/t17-,18-,19+,23+/m0/s1. The monoisotopic (exact) mass is 534 g/mol. The quantitative estimate of drug-likeness (QED) is 0.391. The summed E-state index contributed by atoms with van der Waals surface area (Å²) < 4.78 is 27.3. The van der Waals surface area contributed by atoms with Crippen LogP contribution in [0.2, 0.25) is 36.3 Å². The summed E-state index contributed by atoms with van der Waals surface area (Å²) in [7, 11) is -2.89. The molecule has 2 heterocycles. The van der Waals surface area contributed by atoms with Crippen molar-refractivity contribution in [3.05, 3.63) is 33.1 Å². The third kappa shape index (κ3) is 5.79. The molecule has 11 heteroatoms. The maximum Gasteiger partial charge on any atom is 0.330 e. The smallest absolute Gasteiger partial charge is 0.330 e. The van der Waals surface area contributed by atoms with Crippen LogP contribution in [-0.4, -0.2) is 63.6 Å². The summed E-state index contributed by atoms with van der Waals surface area (Å²) in [5.74, 6) is 0.0926. The van der Waals surface area contributed by atoms with Gasteiger partial charge in [0, 0.05) is 19.4 Å². The fourth-order valence-corrected chi connectivity index (χ4v) is 6.02. The summed E-state index contributed by atoms with van der Waals surface area (Å²) in [6.07, 6.45) is -0.643. The zero-order valence-corrected chi connectivity index (χ0v) is 25.3. The van der Waals surface area contributed by atoms with Gasteiger partial charge < -0.3 is 18.3 Å². The Labute approximate surface area is 210 Å². The highest BCUT2D eigenvalue weighted by Crippen LogP contribution is 2.47. The van der Waals surface area contributed by atoms with E-state index in [-0.39, 0.29) is 22.6 Å². The van der Waals surface area contributed by atoms with Gasteiger partial charge in [-0.2, -0.15) is 0 Å². The Morgan fingerprint density at radius 2 is 1.65 bits per heavy atom. The van der Waals surface area contributed by atoms with Crippen molar-refractivity contribution in [1.82, 2.24) is 9.55 Å². The minimum Gasteiger partial charge on any atom is -0.414 e. The van der Waals surface area contributed by atoms with E-state index < -0.39 is 51.9 Å². The second-order valence-electron chi connectivity index (χ2n) is 12.3. The number of halogens is 1. The number of hydrogen-bond acceptors (Lipinski definition) is 6. The van der Waals surface area contributed by atoms with E-state index in [4.69, 9.17) is 29.9 Å². The van der Waals surface area contributed by atoms with Gasteiger partial charge in [-0.05, 0) is 36.3 Å². The summed E-state index contributed by atoms with van der Waals surface area (Å²) >= 11 is 6.63. The number of H-pyrrole nitrogens is 1. The predicted molar refractivity (Wildman–Crippen MR) is 141 cm³/mol. The third-order valence-electron chi connectivity index (χ3n) is 7.79. The summed E-state index contributed by atoms with van der Waals surface area (Å²) in [6, 6.07) is 1.29. The largest absolute Gasteiger partial charge is 0.414 e. The predicted octanol–water partition coefficient (Wildman–Crippen LogP) is 4.47. The van der Waals surface area contributed by atoms with Crippen LogP contribution < -0.4 is 11.2 Å². The van der Waals surface area contributed by atoms with E-state index in [2.05, 4.69) is 72.7 Å². The number of aromatic nitrogens is 2. The Kier molecular flexibility index (Phi) is 8.63. The Morgan fingerprint density at radius 1 is 1.09 bits per heavy atom. The van der Waals surface area contributed by atoms with Crippen molar-refractivity contribution in [2.45, 2.75) is 102 Å². The third-order valence-corrected chi connectivity index (χ3v) is 17.2. The van der Waals surface area contributed by atoms with Crippen LogP contribution >= 0.6 is 11.6 Å². The molecule has 1 aromatic heterocycles. The number of nitrogens with zero attached hydrogens (tertiary/aromatic N) is 1. The zero-order chi connectivity index (χ0) is 26.3. The van der Waals surface area contributed by atoms with Crippen molar-refractivity contribution >= 4 is 28.2 Å². The first-order valence-corrected chi connectivity index (χ1v) is 18.1. The lowest BCUT2D eigenvalue weighted by Crippen LogP contribution is -2.58. The lowest BCUT2D eigenvalue weighted by Gasteiger charge is -2.45. The molecular weight excluding hydrogens is 492 g/mol. The lowest BCUT2D eigenvalue weighted by molar-refractivity contribution is -0.111. The molecule has 4 atom stereocenters. The molecule has 1 aliphatic rings. The van der Waals surface area contributed by atoms with Gasteiger partial charge >= 0.3 is 5.69 Å². The van der Waals surface area contributed by atoms with Crippen LogP contribution in [-0.2, 0) is 18.3 Å². The molecule has 0 spiro atoms. The minimum atomic E-state index is -2.31. The SMILES string of the molecule is CO[C@@H]1[C@H](n2ccc(=O)[nH]c2=O)O[C@](CCl)(CO[Si](C)(C)C(C)(C)C)[C@H]1O[Si](C)(C)C(C)(C)C. The van der Waals surface area contributed by atoms with E-state index in [1.54, 1.807) is 7.11 Å². The van der Waals surface area contributed by atoms with Crippen molar-refractivity contribution in [2.75, 3.05) is 19.6 Å². The van der Waals surface area contributed by atoms with Gasteiger partial charge in [-0.15, -0.1) is 11.6 Å². The fraction of sp³-hybridized carbons (Fsp3) is 0.826. The molecule has 1 fully saturated rings. The molecule has 0 unspecified atom stereocenters. The van der Waals surface area contributed by atoms with Crippen LogP contribution in [0.3, 0.4) is 0 Å². The maximum atomic E-state index is 12.7. The first kappa shape index (κ1) is 29.5. The molecular formula is C23H43ClN2O6Si2. The summed E-state index contributed by atoms with van der Waals surface area (Å²) in [6.45, 7) is 21.9. The molecule has 8 nitrogen and oxygen atoms in total. The van der Waals surface area contributed by atoms with E-state index in [9.17, 15) is 9.59 Å². The second-order valence-corrected chi connectivity index (χ2v) is 22.1. The Bertz CT molecular complexity index is 966. The van der Waals surface area contributed by atoms with Gasteiger partial charge in [0.05, 0.1) is 12.5 Å². The summed E-state index contributed by atoms with van der Waals surface area (Å²) in [5.41, 5.74) is -2.11. The molecule has 0 aliphatic carbocycles. The number of rotatable bonds is 8. The molecule has 1 aromatic rings. The van der Waals surface area contributed by atoms with Crippen molar-refractivity contribution < 1.29 is 18.3 Å². The highest BCUT2D eigenvalue weighted by atomic mass is 35.5. The summed E-state index contributed by atoms with van der Waals surface area (Å²) in [5, 5.41) is -0.0820.